The number of rotatable bonds is 3. The number of hydrogen-bond acceptors (Lipinski definition) is 6. The summed E-state index contributed by atoms with van der Waals surface area (Å²) in [6, 6.07) is 7.34. The number of carboxylic acid groups (broad SMARTS) is 1. The number of likely N-dealkylation sites (tertiary alicyclic amines) is 1. The lowest BCUT2D eigenvalue weighted by Crippen LogP contribution is -2.50. The van der Waals surface area contributed by atoms with Gasteiger partial charge in [-0.05, 0) is 12.1 Å². The fourth-order valence-electron chi connectivity index (χ4n) is 3.75. The lowest BCUT2D eigenvalue weighted by Gasteiger charge is -2.36. The first-order valence-corrected chi connectivity index (χ1v) is 9.28. The monoisotopic (exact) mass is 406 g/mol. The van der Waals surface area contributed by atoms with Crippen molar-refractivity contribution >= 4 is 39.8 Å². The first-order chi connectivity index (χ1) is 14.5. The highest BCUT2D eigenvalue weighted by atomic mass is 16.4. The Labute approximate surface area is 169 Å². The second-order valence-electron chi connectivity index (χ2n) is 7.16. The molecule has 0 saturated carbocycles. The van der Waals surface area contributed by atoms with E-state index in [1.54, 1.807) is 17.8 Å². The summed E-state index contributed by atoms with van der Waals surface area (Å²) >= 11 is 0. The van der Waals surface area contributed by atoms with E-state index in [0.29, 0.717) is 41.3 Å². The van der Waals surface area contributed by atoms with Gasteiger partial charge >= 0.3 is 6.09 Å². The molecule has 3 aromatic heterocycles. The third-order valence-corrected chi connectivity index (χ3v) is 5.36. The molecule has 5 N–H and O–H groups in total. The van der Waals surface area contributed by atoms with E-state index in [1.165, 1.54) is 11.2 Å². The van der Waals surface area contributed by atoms with Gasteiger partial charge in [0.15, 0.2) is 5.65 Å². The molecule has 11 heteroatoms. The van der Waals surface area contributed by atoms with Crippen molar-refractivity contribution in [3.8, 4) is 11.3 Å². The minimum atomic E-state index is -0.957. The van der Waals surface area contributed by atoms with E-state index in [1.807, 2.05) is 18.2 Å². The number of nitrogens with zero attached hydrogens (tertiary/aromatic N) is 5. The van der Waals surface area contributed by atoms with E-state index in [4.69, 9.17) is 15.9 Å². The number of hydrogen-bond donors (Lipinski definition) is 4. The van der Waals surface area contributed by atoms with Gasteiger partial charge in [-0.25, -0.2) is 19.4 Å². The standard InChI is InChI=1S/C19H18N8O3/c1-21-18(28)13-4-9-2-3-10(5-12(9)24-13)15-14-16(20)22-8-23-17(14)27(25-15)11-6-26(7-11)19(29)30/h2-5,8,11,24H,6-7H2,1H3,(H,21,28)(H,29,30)(H2,20,22,23). The van der Waals surface area contributed by atoms with Crippen LogP contribution in [0.1, 0.15) is 16.5 Å². The molecule has 1 aliphatic heterocycles. The number of carbonyl (C=O) groups is 2. The number of benzene rings is 1. The predicted molar refractivity (Wildman–Crippen MR) is 109 cm³/mol. The van der Waals surface area contributed by atoms with Crippen LogP contribution >= 0.6 is 0 Å². The van der Waals surface area contributed by atoms with Crippen LogP contribution in [0.2, 0.25) is 0 Å². The van der Waals surface area contributed by atoms with Crippen LogP contribution in [0.15, 0.2) is 30.6 Å². The maximum absolute atomic E-state index is 11.9. The molecular formula is C19H18N8O3. The van der Waals surface area contributed by atoms with Crippen molar-refractivity contribution in [2.24, 2.45) is 0 Å². The molecule has 5 rings (SSSR count). The highest BCUT2D eigenvalue weighted by Gasteiger charge is 2.34. The minimum Gasteiger partial charge on any atom is -0.465 e. The van der Waals surface area contributed by atoms with E-state index in [0.717, 1.165) is 16.5 Å². The summed E-state index contributed by atoms with van der Waals surface area (Å²) in [7, 11) is 1.58. The van der Waals surface area contributed by atoms with Gasteiger partial charge in [0, 0.05) is 36.6 Å². The molecule has 0 radical (unpaired) electrons. The second-order valence-corrected chi connectivity index (χ2v) is 7.16. The molecule has 0 unspecified atom stereocenters. The average Bonchev–Trinajstić information content (AvgIpc) is 3.28. The Morgan fingerprint density at radius 2 is 2.07 bits per heavy atom. The van der Waals surface area contributed by atoms with Crippen molar-refractivity contribution in [2.75, 3.05) is 25.9 Å². The number of aromatic nitrogens is 5. The van der Waals surface area contributed by atoms with Crippen molar-refractivity contribution < 1.29 is 14.7 Å². The van der Waals surface area contributed by atoms with Gasteiger partial charge in [-0.15, -0.1) is 0 Å². The molecule has 30 heavy (non-hydrogen) atoms. The Bertz CT molecular complexity index is 1320. The maximum Gasteiger partial charge on any atom is 0.407 e. The summed E-state index contributed by atoms with van der Waals surface area (Å²) in [6.45, 7) is 0.668. The Kier molecular flexibility index (Phi) is 3.85. The Balaban J connectivity index is 1.62. The van der Waals surface area contributed by atoms with Crippen LogP contribution in [0.5, 0.6) is 0 Å². The number of nitrogens with one attached hydrogen (secondary N) is 2. The third kappa shape index (κ3) is 2.63. The van der Waals surface area contributed by atoms with Gasteiger partial charge in [0.05, 0.1) is 11.4 Å². The zero-order valence-corrected chi connectivity index (χ0v) is 16.0. The topological polar surface area (TPSA) is 155 Å². The number of aromatic amines is 1. The van der Waals surface area contributed by atoms with Crippen LogP contribution in [0.3, 0.4) is 0 Å². The molecule has 4 aromatic rings. The fourth-order valence-corrected chi connectivity index (χ4v) is 3.75. The molecule has 0 atom stereocenters. The fraction of sp³-hybridized carbons (Fsp3) is 0.211. The van der Waals surface area contributed by atoms with Crippen LogP contribution in [0.4, 0.5) is 10.6 Å². The molecule has 1 aromatic carbocycles. The number of anilines is 1. The summed E-state index contributed by atoms with van der Waals surface area (Å²) < 4.78 is 1.72. The van der Waals surface area contributed by atoms with Crippen molar-refractivity contribution in [2.45, 2.75) is 6.04 Å². The Hall–Kier alpha value is -4.15. The quantitative estimate of drug-likeness (QED) is 0.401. The average molecular weight is 406 g/mol. The van der Waals surface area contributed by atoms with E-state index in [9.17, 15) is 9.59 Å². The van der Waals surface area contributed by atoms with Crippen LogP contribution in [-0.4, -0.2) is 66.9 Å². The van der Waals surface area contributed by atoms with Crippen LogP contribution in [0.25, 0.3) is 33.2 Å². The molecule has 2 amide bonds. The normalized spacial score (nSPS) is 14.2. The Morgan fingerprint density at radius 1 is 1.27 bits per heavy atom. The lowest BCUT2D eigenvalue weighted by atomic mass is 10.1. The smallest absolute Gasteiger partial charge is 0.407 e. The first-order valence-electron chi connectivity index (χ1n) is 9.28. The van der Waals surface area contributed by atoms with Crippen molar-refractivity contribution in [1.29, 1.82) is 0 Å². The SMILES string of the molecule is CNC(=O)c1cc2ccc(-c3nn(C4CN(C(=O)O)C4)c4ncnc(N)c34)cc2[nH]1. The van der Waals surface area contributed by atoms with Crippen molar-refractivity contribution in [1.82, 2.24) is 34.9 Å². The van der Waals surface area contributed by atoms with E-state index in [2.05, 4.69) is 20.3 Å². The molecule has 4 heterocycles. The summed E-state index contributed by atoms with van der Waals surface area (Å²) in [5.74, 6) is 0.0985. The van der Waals surface area contributed by atoms with Crippen LogP contribution in [0, 0.1) is 0 Å². The number of nitrogens with two attached hydrogens (primary N) is 1. The molecular weight excluding hydrogens is 388 g/mol. The molecule has 152 valence electrons. The van der Waals surface area contributed by atoms with Gasteiger partial charge in [-0.1, -0.05) is 12.1 Å². The number of carbonyl (C=O) groups excluding carboxylic acids is 1. The lowest BCUT2D eigenvalue weighted by molar-refractivity contribution is 0.0827. The van der Waals surface area contributed by atoms with E-state index in [-0.39, 0.29) is 11.9 Å². The summed E-state index contributed by atoms with van der Waals surface area (Å²) in [6.07, 6.45) is 0.415. The highest BCUT2D eigenvalue weighted by molar-refractivity contribution is 6.02. The van der Waals surface area contributed by atoms with Crippen molar-refractivity contribution in [3.63, 3.8) is 0 Å². The van der Waals surface area contributed by atoms with Crippen LogP contribution in [-0.2, 0) is 0 Å². The second kappa shape index (κ2) is 6.44. The van der Waals surface area contributed by atoms with Gasteiger partial charge in [-0.2, -0.15) is 5.10 Å². The molecule has 1 aliphatic rings. The zero-order chi connectivity index (χ0) is 21.0. The third-order valence-electron chi connectivity index (χ3n) is 5.36. The summed E-state index contributed by atoms with van der Waals surface area (Å²) in [5.41, 5.74) is 9.35. The van der Waals surface area contributed by atoms with Gasteiger partial charge in [-0.3, -0.25) is 4.79 Å². The van der Waals surface area contributed by atoms with Gasteiger partial charge in [0.25, 0.3) is 5.91 Å². The Morgan fingerprint density at radius 3 is 2.80 bits per heavy atom. The molecule has 11 nitrogen and oxygen atoms in total. The molecule has 0 aliphatic carbocycles. The minimum absolute atomic E-state index is 0.124. The number of nitrogen functional groups attached to an aromatic ring is 1. The molecule has 1 saturated heterocycles. The number of H-pyrrole nitrogens is 1. The highest BCUT2D eigenvalue weighted by Crippen LogP contribution is 2.34. The van der Waals surface area contributed by atoms with E-state index < -0.39 is 6.09 Å². The molecule has 0 bridgehead atoms. The van der Waals surface area contributed by atoms with Crippen LogP contribution < -0.4 is 11.1 Å². The van der Waals surface area contributed by atoms with Gasteiger partial charge < -0.3 is 26.0 Å². The number of amides is 2. The van der Waals surface area contributed by atoms with Gasteiger partial charge in [0.1, 0.15) is 23.5 Å². The van der Waals surface area contributed by atoms with E-state index >= 15 is 0 Å². The number of fused-ring (bicyclic) bond motifs is 2. The summed E-state index contributed by atoms with van der Waals surface area (Å²) in [4.78, 5) is 35.9. The van der Waals surface area contributed by atoms with Gasteiger partial charge in [0.2, 0.25) is 0 Å². The molecule has 0 spiro atoms. The largest absolute Gasteiger partial charge is 0.465 e. The maximum atomic E-state index is 11.9. The molecule has 1 fully saturated rings. The summed E-state index contributed by atoms with van der Waals surface area (Å²) in [5, 5.41) is 17.9. The zero-order valence-electron chi connectivity index (χ0n) is 16.0. The first kappa shape index (κ1) is 17.9. The van der Waals surface area contributed by atoms with Crippen molar-refractivity contribution in [3.05, 3.63) is 36.3 Å². The predicted octanol–water partition coefficient (Wildman–Crippen LogP) is 1.45.